The Kier molecular flexibility index (Phi) is 5.25. The topological polar surface area (TPSA) is 67.2 Å². The first-order valence-corrected chi connectivity index (χ1v) is 8.33. The monoisotopic (exact) mass is 331 g/mol. The van der Waals surface area contributed by atoms with Crippen molar-refractivity contribution in [3.05, 3.63) is 42.0 Å². The molecule has 2 N–H and O–H groups in total. The third-order valence-corrected chi connectivity index (χ3v) is 4.32. The van der Waals surface area contributed by atoms with Crippen LogP contribution >= 0.6 is 0 Å². The van der Waals surface area contributed by atoms with Crippen molar-refractivity contribution in [2.75, 3.05) is 13.1 Å². The van der Waals surface area contributed by atoms with Crippen LogP contribution in [0.1, 0.15) is 25.5 Å². The smallest absolute Gasteiger partial charge is 0.226 e. The highest BCUT2D eigenvalue weighted by Gasteiger charge is 2.24. The molecule has 5 nitrogen and oxygen atoms in total. The van der Waals surface area contributed by atoms with Crippen molar-refractivity contribution in [2.45, 2.75) is 32.2 Å². The Morgan fingerprint density at radius 3 is 2.96 bits per heavy atom. The third kappa shape index (κ3) is 4.20. The van der Waals surface area contributed by atoms with Crippen molar-refractivity contribution < 1.29 is 13.6 Å². The number of rotatable bonds is 5. The van der Waals surface area contributed by atoms with Gasteiger partial charge in [0, 0.05) is 30.5 Å². The summed E-state index contributed by atoms with van der Waals surface area (Å²) < 4.78 is 18.4. The first-order valence-electron chi connectivity index (χ1n) is 8.33. The van der Waals surface area contributed by atoms with Gasteiger partial charge in [0.05, 0.1) is 5.69 Å². The lowest BCUT2D eigenvalue weighted by Crippen LogP contribution is -2.42. The summed E-state index contributed by atoms with van der Waals surface area (Å²) in [7, 11) is 0. The van der Waals surface area contributed by atoms with Gasteiger partial charge in [0.1, 0.15) is 12.1 Å². The molecule has 0 unspecified atom stereocenters. The largest absolute Gasteiger partial charge is 0.444 e. The van der Waals surface area contributed by atoms with Crippen molar-refractivity contribution in [3.8, 4) is 11.5 Å². The lowest BCUT2D eigenvalue weighted by molar-refractivity contribution is -0.126. The molecule has 0 spiro atoms. The fraction of sp³-hybridized carbons (Fsp3) is 0.444. The Labute approximate surface area is 140 Å². The number of nitrogens with zero attached hydrogens (tertiary/aromatic N) is 1. The number of amides is 1. The molecule has 0 bridgehead atoms. The zero-order valence-corrected chi connectivity index (χ0v) is 13.7. The highest BCUT2D eigenvalue weighted by molar-refractivity contribution is 5.78. The van der Waals surface area contributed by atoms with Gasteiger partial charge in [0.2, 0.25) is 11.8 Å². The molecule has 0 aliphatic carbocycles. The molecule has 2 atom stereocenters. The molecular formula is C18H22FN3O2. The second kappa shape index (κ2) is 7.57. The van der Waals surface area contributed by atoms with Crippen LogP contribution in [0.5, 0.6) is 0 Å². The quantitative estimate of drug-likeness (QED) is 0.883. The normalized spacial score (nSPS) is 20.8. The van der Waals surface area contributed by atoms with E-state index >= 15 is 0 Å². The van der Waals surface area contributed by atoms with E-state index in [1.165, 1.54) is 12.1 Å². The minimum Gasteiger partial charge on any atom is -0.444 e. The van der Waals surface area contributed by atoms with Crippen LogP contribution < -0.4 is 10.6 Å². The Morgan fingerprint density at radius 2 is 2.21 bits per heavy atom. The Morgan fingerprint density at radius 1 is 1.42 bits per heavy atom. The Balaban J connectivity index is 1.49. The number of carbonyl (C=O) groups is 1. The van der Waals surface area contributed by atoms with Gasteiger partial charge in [-0.2, -0.15) is 0 Å². The van der Waals surface area contributed by atoms with Gasteiger partial charge in [-0.15, -0.1) is 0 Å². The molecule has 3 rings (SSSR count). The average molecular weight is 331 g/mol. The maximum atomic E-state index is 12.9. The maximum Gasteiger partial charge on any atom is 0.226 e. The number of piperidine rings is 1. The van der Waals surface area contributed by atoms with Crippen LogP contribution in [0.2, 0.25) is 0 Å². The van der Waals surface area contributed by atoms with E-state index in [-0.39, 0.29) is 17.6 Å². The molecule has 1 amide bonds. The summed E-state index contributed by atoms with van der Waals surface area (Å²) in [5, 5.41) is 6.32. The van der Waals surface area contributed by atoms with Gasteiger partial charge in [-0.05, 0) is 50.6 Å². The summed E-state index contributed by atoms with van der Waals surface area (Å²) in [6.45, 7) is 3.53. The van der Waals surface area contributed by atoms with Crippen LogP contribution in [-0.4, -0.2) is 30.0 Å². The maximum absolute atomic E-state index is 12.9. The van der Waals surface area contributed by atoms with Gasteiger partial charge in [-0.3, -0.25) is 4.79 Å². The molecule has 1 aliphatic rings. The molecule has 2 heterocycles. The highest BCUT2D eigenvalue weighted by atomic mass is 19.1. The minimum absolute atomic E-state index is 0.0911. The Bertz CT molecular complexity index is 684. The van der Waals surface area contributed by atoms with E-state index in [9.17, 15) is 9.18 Å². The van der Waals surface area contributed by atoms with E-state index in [2.05, 4.69) is 22.5 Å². The molecule has 6 heteroatoms. The number of hydrogen-bond donors (Lipinski definition) is 2. The van der Waals surface area contributed by atoms with Crippen LogP contribution in [0.15, 0.2) is 34.9 Å². The first kappa shape index (κ1) is 16.6. The van der Waals surface area contributed by atoms with Gasteiger partial charge in [0.25, 0.3) is 0 Å². The molecule has 0 radical (unpaired) electrons. The summed E-state index contributed by atoms with van der Waals surface area (Å²) >= 11 is 0. The van der Waals surface area contributed by atoms with Crippen LogP contribution in [0, 0.1) is 11.7 Å². The van der Waals surface area contributed by atoms with E-state index in [0.717, 1.165) is 30.6 Å². The van der Waals surface area contributed by atoms with Crippen molar-refractivity contribution in [1.29, 1.82) is 0 Å². The highest BCUT2D eigenvalue weighted by Crippen LogP contribution is 2.19. The molecule has 128 valence electrons. The van der Waals surface area contributed by atoms with Gasteiger partial charge in [-0.1, -0.05) is 0 Å². The zero-order chi connectivity index (χ0) is 16.9. The van der Waals surface area contributed by atoms with Crippen molar-refractivity contribution in [3.63, 3.8) is 0 Å². The number of carbonyl (C=O) groups excluding carboxylic acids is 1. The summed E-state index contributed by atoms with van der Waals surface area (Å²) in [6.07, 6.45) is 3.95. The van der Waals surface area contributed by atoms with Gasteiger partial charge in [-0.25, -0.2) is 9.37 Å². The summed E-state index contributed by atoms with van der Waals surface area (Å²) in [5.41, 5.74) is 1.50. The molecule has 2 aromatic rings. The zero-order valence-electron chi connectivity index (χ0n) is 13.7. The van der Waals surface area contributed by atoms with Crippen LogP contribution in [0.4, 0.5) is 4.39 Å². The van der Waals surface area contributed by atoms with Gasteiger partial charge >= 0.3 is 0 Å². The summed E-state index contributed by atoms with van der Waals surface area (Å²) in [5.74, 6) is 0.378. The number of nitrogens with one attached hydrogen (secondary N) is 2. The van der Waals surface area contributed by atoms with Gasteiger partial charge in [0.15, 0.2) is 0 Å². The molecule has 1 fully saturated rings. The average Bonchev–Trinajstić information content (AvgIpc) is 3.04. The van der Waals surface area contributed by atoms with E-state index in [0.29, 0.717) is 24.9 Å². The van der Waals surface area contributed by atoms with E-state index in [1.54, 1.807) is 18.4 Å². The molecule has 1 saturated heterocycles. The summed E-state index contributed by atoms with van der Waals surface area (Å²) in [4.78, 5) is 16.6. The van der Waals surface area contributed by atoms with Gasteiger partial charge < -0.3 is 15.1 Å². The standard InChI is InChI=1S/C18H22FN3O2/c1-12-10-14(6-8-20-12)17(23)21-9-7-16-11-24-18(22-16)13-2-4-15(19)5-3-13/h2-5,11-12,14,20H,6-10H2,1H3,(H,21,23)/t12-,14-/m0/s1. The summed E-state index contributed by atoms with van der Waals surface area (Å²) in [6, 6.07) is 6.40. The predicted molar refractivity (Wildman–Crippen MR) is 88.8 cm³/mol. The van der Waals surface area contributed by atoms with E-state index < -0.39 is 0 Å². The lowest BCUT2D eigenvalue weighted by Gasteiger charge is -2.27. The van der Waals surface area contributed by atoms with Crippen molar-refractivity contribution in [2.24, 2.45) is 5.92 Å². The van der Waals surface area contributed by atoms with Crippen LogP contribution in [-0.2, 0) is 11.2 Å². The lowest BCUT2D eigenvalue weighted by atomic mass is 9.92. The molecule has 1 aromatic carbocycles. The van der Waals surface area contributed by atoms with E-state index in [4.69, 9.17) is 4.42 Å². The molecule has 1 aliphatic heterocycles. The van der Waals surface area contributed by atoms with E-state index in [1.807, 2.05) is 0 Å². The fourth-order valence-corrected chi connectivity index (χ4v) is 2.98. The molecule has 1 aromatic heterocycles. The number of hydrogen-bond acceptors (Lipinski definition) is 4. The minimum atomic E-state index is -0.291. The number of oxazole rings is 1. The molecule has 24 heavy (non-hydrogen) atoms. The van der Waals surface area contributed by atoms with Crippen LogP contribution in [0.3, 0.4) is 0 Å². The fourth-order valence-electron chi connectivity index (χ4n) is 2.98. The van der Waals surface area contributed by atoms with Crippen LogP contribution in [0.25, 0.3) is 11.5 Å². The number of halogens is 1. The Hall–Kier alpha value is -2.21. The second-order valence-electron chi connectivity index (χ2n) is 6.27. The molecular weight excluding hydrogens is 309 g/mol. The first-order chi connectivity index (χ1) is 11.6. The second-order valence-corrected chi connectivity index (χ2v) is 6.27. The molecule has 0 saturated carbocycles. The van der Waals surface area contributed by atoms with Crippen molar-refractivity contribution in [1.82, 2.24) is 15.6 Å². The SMILES string of the molecule is C[C@H]1C[C@@H](C(=O)NCCc2coc(-c3ccc(F)cc3)n2)CCN1. The predicted octanol–water partition coefficient (Wildman–Crippen LogP) is 2.53. The van der Waals surface area contributed by atoms with Crippen molar-refractivity contribution >= 4 is 5.91 Å². The number of benzene rings is 1. The third-order valence-electron chi connectivity index (χ3n) is 4.32. The number of aromatic nitrogens is 1.